The van der Waals surface area contributed by atoms with Crippen molar-refractivity contribution in [3.8, 4) is 5.75 Å². The summed E-state index contributed by atoms with van der Waals surface area (Å²) in [6.07, 6.45) is 1.24. The van der Waals surface area contributed by atoms with E-state index < -0.39 is 33.5 Å². The number of nitrogens with one attached hydrogen (secondary N) is 1. The predicted molar refractivity (Wildman–Crippen MR) is 129 cm³/mol. The van der Waals surface area contributed by atoms with Crippen molar-refractivity contribution in [3.63, 3.8) is 0 Å². The highest BCUT2D eigenvalue weighted by molar-refractivity contribution is 7.89. The zero-order valence-electron chi connectivity index (χ0n) is 19.9. The maximum absolute atomic E-state index is 13.7. The summed E-state index contributed by atoms with van der Waals surface area (Å²) >= 11 is 0. The van der Waals surface area contributed by atoms with Crippen molar-refractivity contribution in [3.05, 3.63) is 59.2 Å². The minimum atomic E-state index is -3.96. The van der Waals surface area contributed by atoms with Gasteiger partial charge in [-0.2, -0.15) is 4.31 Å². The molecule has 0 bridgehead atoms. The number of ketones is 1. The van der Waals surface area contributed by atoms with Gasteiger partial charge in [0.1, 0.15) is 17.4 Å². The first kappa shape index (κ1) is 23.8. The van der Waals surface area contributed by atoms with Crippen molar-refractivity contribution in [2.75, 3.05) is 13.1 Å². The molecule has 0 aromatic heterocycles. The quantitative estimate of drug-likeness (QED) is 0.606. The van der Waals surface area contributed by atoms with Crippen LogP contribution in [0, 0.1) is 0 Å². The fourth-order valence-electron chi connectivity index (χ4n) is 5.79. The number of imide groups is 1. The molecule has 10 nitrogen and oxygen atoms in total. The van der Waals surface area contributed by atoms with Gasteiger partial charge in [0.2, 0.25) is 21.8 Å². The van der Waals surface area contributed by atoms with Crippen LogP contribution in [0.15, 0.2) is 47.4 Å². The molecule has 4 aliphatic rings. The molecule has 37 heavy (non-hydrogen) atoms. The highest BCUT2D eigenvalue weighted by atomic mass is 32.2. The highest BCUT2D eigenvalue weighted by Crippen LogP contribution is 2.41. The van der Waals surface area contributed by atoms with Crippen LogP contribution in [0.2, 0.25) is 0 Å². The number of ether oxygens (including phenoxy) is 1. The first-order chi connectivity index (χ1) is 17.7. The summed E-state index contributed by atoms with van der Waals surface area (Å²) in [7, 11) is -3.96. The van der Waals surface area contributed by atoms with E-state index in [1.807, 2.05) is 0 Å². The Morgan fingerprint density at radius 3 is 2.43 bits per heavy atom. The SMILES string of the molecule is O=C1CCC(N2Cc3c(cccc3S(=O)(=O)N3CCC4(CC3)CC(=O)c3ccccc3O4)C2=O)C(=O)N1. The predicted octanol–water partition coefficient (Wildman–Crippen LogP) is 1.64. The molecule has 1 spiro atoms. The van der Waals surface area contributed by atoms with Crippen LogP contribution in [0.4, 0.5) is 0 Å². The molecule has 1 N–H and O–H groups in total. The minimum absolute atomic E-state index is 0.00825. The zero-order valence-corrected chi connectivity index (χ0v) is 20.8. The van der Waals surface area contributed by atoms with Gasteiger partial charge in [0.05, 0.1) is 16.9 Å². The number of fused-ring (bicyclic) bond motifs is 2. The molecule has 11 heteroatoms. The van der Waals surface area contributed by atoms with Gasteiger partial charge in [-0.1, -0.05) is 18.2 Å². The standard InChI is InChI=1S/C26H25N3O7S/c30-20-14-26(36-21-6-2-1-4-17(20)21)10-12-28(13-11-26)37(34,35)22-7-3-5-16-18(22)15-29(25(16)33)19-8-9-23(31)27-24(19)32/h1-7,19H,8-15H2,(H,27,31,32). The zero-order chi connectivity index (χ0) is 25.9. The molecule has 2 aromatic rings. The Bertz CT molecular complexity index is 1460. The Kier molecular flexibility index (Phi) is 5.46. The Morgan fingerprint density at radius 1 is 0.946 bits per heavy atom. The van der Waals surface area contributed by atoms with Crippen LogP contribution < -0.4 is 10.1 Å². The first-order valence-electron chi connectivity index (χ1n) is 12.3. The van der Waals surface area contributed by atoms with Crippen molar-refractivity contribution in [2.45, 2.75) is 55.2 Å². The van der Waals surface area contributed by atoms with E-state index in [-0.39, 0.29) is 61.0 Å². The summed E-state index contributed by atoms with van der Waals surface area (Å²) in [6.45, 7) is 0.320. The van der Waals surface area contributed by atoms with Gasteiger partial charge < -0.3 is 9.64 Å². The third kappa shape index (κ3) is 3.84. The van der Waals surface area contributed by atoms with E-state index in [0.29, 0.717) is 29.7 Å². The van der Waals surface area contributed by atoms with E-state index >= 15 is 0 Å². The van der Waals surface area contributed by atoms with Gasteiger partial charge in [-0.15, -0.1) is 0 Å². The summed E-state index contributed by atoms with van der Waals surface area (Å²) < 4.78 is 35.1. The van der Waals surface area contributed by atoms with Crippen molar-refractivity contribution < 1.29 is 32.3 Å². The molecule has 192 valence electrons. The number of amides is 3. The Balaban J connectivity index is 1.23. The number of hydrogen-bond donors (Lipinski definition) is 1. The highest BCUT2D eigenvalue weighted by Gasteiger charge is 2.46. The van der Waals surface area contributed by atoms with Crippen molar-refractivity contribution in [2.24, 2.45) is 0 Å². The van der Waals surface area contributed by atoms with Crippen LogP contribution in [0.3, 0.4) is 0 Å². The van der Waals surface area contributed by atoms with Gasteiger partial charge in [0, 0.05) is 50.0 Å². The summed E-state index contributed by atoms with van der Waals surface area (Å²) in [5, 5.41) is 2.25. The third-order valence-electron chi connectivity index (χ3n) is 7.79. The number of hydrogen-bond acceptors (Lipinski definition) is 7. The van der Waals surface area contributed by atoms with Crippen LogP contribution in [0.1, 0.15) is 58.4 Å². The lowest BCUT2D eigenvalue weighted by Crippen LogP contribution is -2.52. The molecule has 3 amide bonds. The Morgan fingerprint density at radius 2 is 1.68 bits per heavy atom. The lowest BCUT2D eigenvalue weighted by molar-refractivity contribution is -0.136. The van der Waals surface area contributed by atoms with Crippen LogP contribution in [-0.4, -0.2) is 65.9 Å². The third-order valence-corrected chi connectivity index (χ3v) is 9.77. The molecule has 0 radical (unpaired) electrons. The van der Waals surface area contributed by atoms with Gasteiger partial charge in [-0.25, -0.2) is 8.42 Å². The number of carbonyl (C=O) groups is 4. The van der Waals surface area contributed by atoms with Gasteiger partial charge in [-0.3, -0.25) is 24.5 Å². The summed E-state index contributed by atoms with van der Waals surface area (Å²) in [4.78, 5) is 51.1. The molecule has 1 atom stereocenters. The van der Waals surface area contributed by atoms with Crippen molar-refractivity contribution >= 4 is 33.5 Å². The van der Waals surface area contributed by atoms with Gasteiger partial charge in [0.15, 0.2) is 5.78 Å². The summed E-state index contributed by atoms with van der Waals surface area (Å²) in [5.41, 5.74) is 0.412. The van der Waals surface area contributed by atoms with E-state index in [2.05, 4.69) is 5.32 Å². The van der Waals surface area contributed by atoms with E-state index in [0.717, 1.165) is 0 Å². The van der Waals surface area contributed by atoms with E-state index in [9.17, 15) is 27.6 Å². The molecule has 2 aromatic carbocycles. The fraction of sp³-hybridized carbons (Fsp3) is 0.385. The van der Waals surface area contributed by atoms with Crippen LogP contribution in [0.25, 0.3) is 0 Å². The molecule has 2 fully saturated rings. The van der Waals surface area contributed by atoms with Crippen LogP contribution in [-0.2, 0) is 26.2 Å². The fourth-order valence-corrected chi connectivity index (χ4v) is 7.47. The molecule has 0 aliphatic carbocycles. The molecule has 1 unspecified atom stereocenters. The van der Waals surface area contributed by atoms with Gasteiger partial charge in [0.25, 0.3) is 5.91 Å². The summed E-state index contributed by atoms with van der Waals surface area (Å²) in [5.74, 6) is -0.837. The first-order valence-corrected chi connectivity index (χ1v) is 13.7. The van der Waals surface area contributed by atoms with Crippen LogP contribution >= 0.6 is 0 Å². The molecule has 4 heterocycles. The smallest absolute Gasteiger partial charge is 0.255 e. The van der Waals surface area contributed by atoms with E-state index in [4.69, 9.17) is 4.74 Å². The molecular formula is C26H25N3O7S. The number of sulfonamides is 1. The number of nitrogens with zero attached hydrogens (tertiary/aromatic N) is 2. The topological polar surface area (TPSA) is 130 Å². The second-order valence-electron chi connectivity index (χ2n) is 9.97. The molecule has 4 aliphatic heterocycles. The molecule has 0 saturated carbocycles. The minimum Gasteiger partial charge on any atom is -0.486 e. The number of rotatable bonds is 3. The number of para-hydroxylation sites is 1. The van der Waals surface area contributed by atoms with Crippen molar-refractivity contribution in [1.82, 2.24) is 14.5 Å². The van der Waals surface area contributed by atoms with Gasteiger partial charge >= 0.3 is 0 Å². The van der Waals surface area contributed by atoms with Crippen LogP contribution in [0.5, 0.6) is 5.75 Å². The second-order valence-corrected chi connectivity index (χ2v) is 11.9. The molecular weight excluding hydrogens is 498 g/mol. The Hall–Kier alpha value is -3.57. The number of carbonyl (C=O) groups excluding carboxylic acids is 4. The van der Waals surface area contributed by atoms with E-state index in [1.165, 1.54) is 21.3 Å². The summed E-state index contributed by atoms with van der Waals surface area (Å²) in [6, 6.07) is 10.8. The second kappa shape index (κ2) is 8.49. The number of piperidine rings is 2. The lowest BCUT2D eigenvalue weighted by atomic mass is 9.83. The Labute approximate surface area is 213 Å². The monoisotopic (exact) mass is 523 g/mol. The maximum atomic E-state index is 13.7. The number of benzene rings is 2. The maximum Gasteiger partial charge on any atom is 0.255 e. The molecule has 2 saturated heterocycles. The molecule has 6 rings (SSSR count). The van der Waals surface area contributed by atoms with Gasteiger partial charge in [-0.05, 0) is 30.7 Å². The number of Topliss-reactive ketones (excluding diaryl/α,β-unsaturated/α-hetero) is 1. The van der Waals surface area contributed by atoms with E-state index in [1.54, 1.807) is 30.3 Å². The average molecular weight is 524 g/mol. The van der Waals surface area contributed by atoms with Crippen molar-refractivity contribution in [1.29, 1.82) is 0 Å². The lowest BCUT2D eigenvalue weighted by Gasteiger charge is -2.43. The normalized spacial score (nSPS) is 23.5. The largest absolute Gasteiger partial charge is 0.486 e. The average Bonchev–Trinajstić information content (AvgIpc) is 3.20.